The van der Waals surface area contributed by atoms with Gasteiger partial charge in [-0.15, -0.1) is 0 Å². The van der Waals surface area contributed by atoms with Crippen LogP contribution in [0.15, 0.2) is 18.2 Å². The standard InChI is InChI=1S/C15H23N3O/c1-10-6-13(15(16)19)4-5-14(10)9-18-7-11(2)17-12(3)8-18/h4-6,11-12,17H,7-9H2,1-3H3,(H2,16,19). The van der Waals surface area contributed by atoms with E-state index in [1.807, 2.05) is 25.1 Å². The molecule has 0 saturated carbocycles. The molecule has 104 valence electrons. The number of nitrogens with two attached hydrogens (primary N) is 1. The van der Waals surface area contributed by atoms with Gasteiger partial charge in [-0.2, -0.15) is 0 Å². The predicted octanol–water partition coefficient (Wildman–Crippen LogP) is 1.28. The van der Waals surface area contributed by atoms with Gasteiger partial charge in [0.05, 0.1) is 0 Å². The van der Waals surface area contributed by atoms with Gasteiger partial charge in [0.2, 0.25) is 5.91 Å². The summed E-state index contributed by atoms with van der Waals surface area (Å²) in [6, 6.07) is 6.77. The Bertz CT molecular complexity index is 462. The zero-order valence-electron chi connectivity index (χ0n) is 11.9. The molecular weight excluding hydrogens is 238 g/mol. The third-order valence-electron chi connectivity index (χ3n) is 3.65. The second-order valence-electron chi connectivity index (χ2n) is 5.67. The molecule has 19 heavy (non-hydrogen) atoms. The Morgan fingerprint density at radius 3 is 2.53 bits per heavy atom. The summed E-state index contributed by atoms with van der Waals surface area (Å²) < 4.78 is 0. The molecule has 0 bridgehead atoms. The van der Waals surface area contributed by atoms with E-state index in [0.29, 0.717) is 17.6 Å². The van der Waals surface area contributed by atoms with E-state index in [0.717, 1.165) is 25.2 Å². The van der Waals surface area contributed by atoms with Gasteiger partial charge >= 0.3 is 0 Å². The number of benzene rings is 1. The molecule has 0 aromatic heterocycles. The molecule has 4 heteroatoms. The lowest BCUT2D eigenvalue weighted by atomic mass is 10.0. The topological polar surface area (TPSA) is 58.4 Å². The van der Waals surface area contributed by atoms with Crippen molar-refractivity contribution in [2.45, 2.75) is 39.4 Å². The minimum atomic E-state index is -0.362. The first-order valence-electron chi connectivity index (χ1n) is 6.83. The van der Waals surface area contributed by atoms with Gasteiger partial charge in [0, 0.05) is 37.3 Å². The average molecular weight is 261 g/mol. The quantitative estimate of drug-likeness (QED) is 0.861. The number of nitrogens with zero attached hydrogens (tertiary/aromatic N) is 1. The van der Waals surface area contributed by atoms with Crippen LogP contribution in [0.25, 0.3) is 0 Å². The highest BCUT2D eigenvalue weighted by molar-refractivity contribution is 5.93. The number of hydrogen-bond acceptors (Lipinski definition) is 3. The van der Waals surface area contributed by atoms with Crippen molar-refractivity contribution in [3.05, 3.63) is 34.9 Å². The maximum Gasteiger partial charge on any atom is 0.248 e. The molecule has 3 N–H and O–H groups in total. The summed E-state index contributed by atoms with van der Waals surface area (Å²) >= 11 is 0. The number of carbonyl (C=O) groups excluding carboxylic acids is 1. The van der Waals surface area contributed by atoms with Crippen molar-refractivity contribution in [3.8, 4) is 0 Å². The van der Waals surface area contributed by atoms with E-state index in [1.54, 1.807) is 0 Å². The predicted molar refractivity (Wildman–Crippen MR) is 77.0 cm³/mol. The molecule has 1 aliphatic heterocycles. The van der Waals surface area contributed by atoms with Crippen molar-refractivity contribution in [3.63, 3.8) is 0 Å². The van der Waals surface area contributed by atoms with E-state index >= 15 is 0 Å². The van der Waals surface area contributed by atoms with Crippen LogP contribution in [0.2, 0.25) is 0 Å². The van der Waals surface area contributed by atoms with Crippen molar-refractivity contribution in [1.29, 1.82) is 0 Å². The Morgan fingerprint density at radius 2 is 2.00 bits per heavy atom. The van der Waals surface area contributed by atoms with E-state index in [-0.39, 0.29) is 5.91 Å². The first kappa shape index (κ1) is 14.0. The number of nitrogens with one attached hydrogen (secondary N) is 1. The zero-order valence-corrected chi connectivity index (χ0v) is 11.9. The lowest BCUT2D eigenvalue weighted by molar-refractivity contribution is 0.1000. The molecular formula is C15H23N3O. The normalized spacial score (nSPS) is 24.4. The van der Waals surface area contributed by atoms with Crippen LogP contribution in [0.5, 0.6) is 0 Å². The number of amides is 1. The van der Waals surface area contributed by atoms with Gasteiger partial charge in [-0.3, -0.25) is 9.69 Å². The van der Waals surface area contributed by atoms with Crippen LogP contribution in [0.1, 0.15) is 35.3 Å². The third-order valence-corrected chi connectivity index (χ3v) is 3.65. The van der Waals surface area contributed by atoms with Gasteiger partial charge in [0.15, 0.2) is 0 Å². The Labute approximate surface area is 115 Å². The fourth-order valence-electron chi connectivity index (χ4n) is 2.84. The van der Waals surface area contributed by atoms with Crippen LogP contribution in [0.3, 0.4) is 0 Å². The lowest BCUT2D eigenvalue weighted by Gasteiger charge is -2.36. The summed E-state index contributed by atoms with van der Waals surface area (Å²) in [6.45, 7) is 9.51. The molecule has 0 spiro atoms. The Kier molecular flexibility index (Phi) is 4.22. The molecule has 2 atom stereocenters. The summed E-state index contributed by atoms with van der Waals surface area (Å²) in [6.07, 6.45) is 0. The van der Waals surface area contributed by atoms with Gasteiger partial charge in [0.25, 0.3) is 0 Å². The molecule has 1 aromatic rings. The van der Waals surface area contributed by atoms with E-state index in [1.165, 1.54) is 5.56 Å². The fourth-order valence-corrected chi connectivity index (χ4v) is 2.84. The van der Waals surface area contributed by atoms with Crippen molar-refractivity contribution < 1.29 is 4.79 Å². The molecule has 1 heterocycles. The molecule has 0 radical (unpaired) electrons. The van der Waals surface area contributed by atoms with E-state index in [2.05, 4.69) is 24.1 Å². The van der Waals surface area contributed by atoms with Gasteiger partial charge in [-0.1, -0.05) is 6.07 Å². The molecule has 2 rings (SSSR count). The summed E-state index contributed by atoms with van der Waals surface area (Å²) in [5.74, 6) is -0.362. The Balaban J connectivity index is 2.08. The molecule has 1 saturated heterocycles. The molecule has 1 aliphatic rings. The van der Waals surface area contributed by atoms with Crippen molar-refractivity contribution in [1.82, 2.24) is 10.2 Å². The summed E-state index contributed by atoms with van der Waals surface area (Å²) in [4.78, 5) is 13.6. The first-order chi connectivity index (χ1) is 8.95. The second-order valence-corrected chi connectivity index (χ2v) is 5.67. The average Bonchev–Trinajstić information content (AvgIpc) is 2.30. The summed E-state index contributed by atoms with van der Waals surface area (Å²) in [5, 5.41) is 3.53. The number of primary amides is 1. The lowest BCUT2D eigenvalue weighted by Crippen LogP contribution is -2.53. The second kappa shape index (κ2) is 5.72. The minimum Gasteiger partial charge on any atom is -0.366 e. The van der Waals surface area contributed by atoms with Crippen LogP contribution in [0.4, 0.5) is 0 Å². The Hall–Kier alpha value is -1.39. The van der Waals surface area contributed by atoms with Gasteiger partial charge in [-0.05, 0) is 44.0 Å². The minimum absolute atomic E-state index is 0.362. The fraction of sp³-hybridized carbons (Fsp3) is 0.533. The number of piperazine rings is 1. The number of aryl methyl sites for hydroxylation is 1. The van der Waals surface area contributed by atoms with Crippen LogP contribution in [-0.4, -0.2) is 36.0 Å². The number of carbonyl (C=O) groups is 1. The van der Waals surface area contributed by atoms with Gasteiger partial charge in [0.1, 0.15) is 0 Å². The maximum absolute atomic E-state index is 11.1. The van der Waals surface area contributed by atoms with Crippen molar-refractivity contribution in [2.24, 2.45) is 5.73 Å². The molecule has 1 aromatic carbocycles. The zero-order chi connectivity index (χ0) is 14.0. The van der Waals surface area contributed by atoms with E-state index < -0.39 is 0 Å². The molecule has 2 unspecified atom stereocenters. The van der Waals surface area contributed by atoms with Crippen LogP contribution >= 0.6 is 0 Å². The smallest absolute Gasteiger partial charge is 0.248 e. The number of hydrogen-bond donors (Lipinski definition) is 2. The Morgan fingerprint density at radius 1 is 1.37 bits per heavy atom. The van der Waals surface area contributed by atoms with Crippen molar-refractivity contribution in [2.75, 3.05) is 13.1 Å². The molecule has 1 amide bonds. The largest absolute Gasteiger partial charge is 0.366 e. The van der Waals surface area contributed by atoms with Crippen molar-refractivity contribution >= 4 is 5.91 Å². The molecule has 0 aliphatic carbocycles. The van der Waals surface area contributed by atoms with E-state index in [4.69, 9.17) is 5.73 Å². The third kappa shape index (κ3) is 3.55. The number of rotatable bonds is 3. The SMILES string of the molecule is Cc1cc(C(N)=O)ccc1CN1CC(C)NC(C)C1. The highest BCUT2D eigenvalue weighted by Gasteiger charge is 2.21. The van der Waals surface area contributed by atoms with Gasteiger partial charge < -0.3 is 11.1 Å². The van der Waals surface area contributed by atoms with E-state index in [9.17, 15) is 4.79 Å². The van der Waals surface area contributed by atoms with Crippen LogP contribution in [0, 0.1) is 6.92 Å². The summed E-state index contributed by atoms with van der Waals surface area (Å²) in [5.41, 5.74) is 8.29. The molecule has 1 fully saturated rings. The highest BCUT2D eigenvalue weighted by Crippen LogP contribution is 2.15. The van der Waals surface area contributed by atoms with Gasteiger partial charge in [-0.25, -0.2) is 0 Å². The van der Waals surface area contributed by atoms with Crippen LogP contribution in [-0.2, 0) is 6.54 Å². The molecule has 4 nitrogen and oxygen atoms in total. The monoisotopic (exact) mass is 261 g/mol. The summed E-state index contributed by atoms with van der Waals surface area (Å²) in [7, 11) is 0. The van der Waals surface area contributed by atoms with Crippen LogP contribution < -0.4 is 11.1 Å². The first-order valence-corrected chi connectivity index (χ1v) is 6.83. The highest BCUT2D eigenvalue weighted by atomic mass is 16.1. The maximum atomic E-state index is 11.1.